The molecule has 0 aliphatic heterocycles. The van der Waals surface area contributed by atoms with Gasteiger partial charge in [0, 0.05) is 29.4 Å². The molecule has 0 amide bonds. The SMILES string of the molecule is CCCCO/C([O-])=N/S(=O)(=O)c1sc(CC(C)C)cc1-c1ccc(Cn2ccnc2)cc1. The van der Waals surface area contributed by atoms with Crippen LogP contribution < -0.4 is 5.11 Å². The molecular formula is C23H28N3O4S2-. The van der Waals surface area contributed by atoms with Gasteiger partial charge in [0.05, 0.1) is 6.33 Å². The average molecular weight is 475 g/mol. The van der Waals surface area contributed by atoms with E-state index in [9.17, 15) is 13.5 Å². The fourth-order valence-electron chi connectivity index (χ4n) is 3.17. The van der Waals surface area contributed by atoms with Crippen molar-refractivity contribution in [2.75, 3.05) is 6.61 Å². The fraction of sp³-hybridized carbons (Fsp3) is 0.391. The molecule has 2 heterocycles. The van der Waals surface area contributed by atoms with Gasteiger partial charge in [0.2, 0.25) is 0 Å². The van der Waals surface area contributed by atoms with Crippen LogP contribution in [0.1, 0.15) is 44.1 Å². The minimum atomic E-state index is -4.18. The minimum Gasteiger partial charge on any atom is -0.600 e. The molecule has 1 aromatic carbocycles. The van der Waals surface area contributed by atoms with E-state index in [0.717, 1.165) is 28.8 Å². The van der Waals surface area contributed by atoms with Gasteiger partial charge in [-0.3, -0.25) is 0 Å². The molecule has 2 aromatic heterocycles. The monoisotopic (exact) mass is 474 g/mol. The van der Waals surface area contributed by atoms with Crippen molar-refractivity contribution < 1.29 is 18.3 Å². The number of unbranched alkanes of at least 4 members (excludes halogenated alkanes) is 1. The van der Waals surface area contributed by atoms with Gasteiger partial charge < -0.3 is 14.4 Å². The molecule has 0 aliphatic carbocycles. The van der Waals surface area contributed by atoms with Crippen LogP contribution in [-0.2, 0) is 27.7 Å². The second kappa shape index (κ2) is 10.8. The second-order valence-corrected chi connectivity index (χ2v) is 10.9. The van der Waals surface area contributed by atoms with Gasteiger partial charge in [-0.2, -0.15) is 8.42 Å². The Hall–Kier alpha value is -2.65. The van der Waals surface area contributed by atoms with Gasteiger partial charge in [0.25, 0.3) is 10.0 Å². The van der Waals surface area contributed by atoms with E-state index in [1.54, 1.807) is 12.5 Å². The highest BCUT2D eigenvalue weighted by Crippen LogP contribution is 2.37. The molecule has 3 aromatic rings. The van der Waals surface area contributed by atoms with E-state index in [0.29, 0.717) is 24.4 Å². The van der Waals surface area contributed by atoms with Gasteiger partial charge >= 0.3 is 0 Å². The van der Waals surface area contributed by atoms with Crippen molar-refractivity contribution in [1.82, 2.24) is 9.55 Å². The summed E-state index contributed by atoms with van der Waals surface area (Å²) in [4.78, 5) is 4.98. The Morgan fingerprint density at radius 2 is 2.03 bits per heavy atom. The zero-order valence-corrected chi connectivity index (χ0v) is 20.2. The summed E-state index contributed by atoms with van der Waals surface area (Å²) >= 11 is 1.17. The second-order valence-electron chi connectivity index (χ2n) is 7.98. The maximum atomic E-state index is 13.0. The molecule has 0 spiro atoms. The summed E-state index contributed by atoms with van der Waals surface area (Å²) in [6.45, 7) is 6.94. The topological polar surface area (TPSA) is 96.6 Å². The summed E-state index contributed by atoms with van der Waals surface area (Å²) in [5.41, 5.74) is 2.39. The van der Waals surface area contributed by atoms with Gasteiger partial charge in [0.1, 0.15) is 4.21 Å². The van der Waals surface area contributed by atoms with Crippen LogP contribution in [0, 0.1) is 5.92 Å². The van der Waals surface area contributed by atoms with Crippen molar-refractivity contribution in [3.05, 3.63) is 59.5 Å². The van der Waals surface area contributed by atoms with Crippen LogP contribution >= 0.6 is 11.3 Å². The van der Waals surface area contributed by atoms with Crippen LogP contribution in [0.2, 0.25) is 0 Å². The van der Waals surface area contributed by atoms with Crippen molar-refractivity contribution in [1.29, 1.82) is 0 Å². The van der Waals surface area contributed by atoms with Crippen molar-refractivity contribution in [2.45, 2.75) is 50.8 Å². The number of hydrogen-bond acceptors (Lipinski definition) is 6. The molecule has 0 saturated heterocycles. The first-order valence-electron chi connectivity index (χ1n) is 10.6. The molecule has 0 radical (unpaired) electrons. The summed E-state index contributed by atoms with van der Waals surface area (Å²) in [5.74, 6) is 0.366. The molecule has 32 heavy (non-hydrogen) atoms. The normalized spacial score (nSPS) is 12.4. The molecule has 9 heteroatoms. The summed E-state index contributed by atoms with van der Waals surface area (Å²) < 4.78 is 36.3. The van der Waals surface area contributed by atoms with E-state index < -0.39 is 16.1 Å². The number of hydrogen-bond donors (Lipinski definition) is 0. The highest BCUT2D eigenvalue weighted by Gasteiger charge is 2.23. The van der Waals surface area contributed by atoms with Gasteiger partial charge in [-0.05, 0) is 42.6 Å². The Labute approximate surface area is 193 Å². The van der Waals surface area contributed by atoms with Crippen LogP contribution in [0.25, 0.3) is 11.1 Å². The summed E-state index contributed by atoms with van der Waals surface area (Å²) in [7, 11) is -4.18. The smallest absolute Gasteiger partial charge is 0.294 e. The zero-order chi connectivity index (χ0) is 23.1. The molecule has 0 saturated carbocycles. The number of rotatable bonds is 10. The fourth-order valence-corrected chi connectivity index (χ4v) is 5.93. The summed E-state index contributed by atoms with van der Waals surface area (Å²) in [5, 5.41) is 12.0. The van der Waals surface area contributed by atoms with Gasteiger partial charge in [-0.15, -0.1) is 15.7 Å². The van der Waals surface area contributed by atoms with Crippen molar-refractivity contribution in [2.24, 2.45) is 10.3 Å². The number of thiophene rings is 1. The third-order valence-electron chi connectivity index (χ3n) is 4.70. The highest BCUT2D eigenvalue weighted by molar-refractivity contribution is 7.92. The van der Waals surface area contributed by atoms with Crippen molar-refractivity contribution >= 4 is 27.4 Å². The maximum Gasteiger partial charge on any atom is 0.294 e. The van der Waals surface area contributed by atoms with E-state index in [4.69, 9.17) is 4.74 Å². The van der Waals surface area contributed by atoms with E-state index in [1.165, 1.54) is 11.3 Å². The average Bonchev–Trinajstić information content (AvgIpc) is 3.38. The molecule has 3 rings (SSSR count). The number of sulfonamides is 1. The lowest BCUT2D eigenvalue weighted by molar-refractivity contribution is -0.249. The third kappa shape index (κ3) is 6.43. The zero-order valence-electron chi connectivity index (χ0n) is 18.5. The Morgan fingerprint density at radius 3 is 2.66 bits per heavy atom. The molecule has 0 N–H and O–H groups in total. The van der Waals surface area contributed by atoms with Crippen LogP contribution in [0.4, 0.5) is 0 Å². The van der Waals surface area contributed by atoms with Crippen LogP contribution in [0.15, 0.2) is 57.7 Å². The van der Waals surface area contributed by atoms with Gasteiger partial charge in [-0.1, -0.05) is 51.5 Å². The molecule has 0 fully saturated rings. The quantitative estimate of drug-likeness (QED) is 0.251. The van der Waals surface area contributed by atoms with Gasteiger partial charge in [-0.25, -0.2) is 4.98 Å². The summed E-state index contributed by atoms with van der Waals surface area (Å²) in [6, 6.07) is 9.60. The molecule has 0 aliphatic rings. The number of benzene rings is 1. The van der Waals surface area contributed by atoms with E-state index in [-0.39, 0.29) is 10.8 Å². The lowest BCUT2D eigenvalue weighted by Crippen LogP contribution is -2.23. The number of nitrogens with zero attached hydrogens (tertiary/aromatic N) is 3. The lowest BCUT2D eigenvalue weighted by Gasteiger charge is -2.13. The Kier molecular flexibility index (Phi) is 8.09. The molecule has 7 nitrogen and oxygen atoms in total. The van der Waals surface area contributed by atoms with E-state index in [2.05, 4.69) is 23.2 Å². The number of imidazole rings is 1. The molecule has 172 valence electrons. The Balaban J connectivity index is 1.92. The molecular weight excluding hydrogens is 446 g/mol. The van der Waals surface area contributed by atoms with E-state index >= 15 is 0 Å². The molecule has 0 atom stereocenters. The van der Waals surface area contributed by atoms with Crippen LogP contribution in [0.3, 0.4) is 0 Å². The first-order chi connectivity index (χ1) is 15.3. The van der Waals surface area contributed by atoms with Crippen LogP contribution in [0.5, 0.6) is 0 Å². The van der Waals surface area contributed by atoms with Gasteiger partial charge in [0.15, 0.2) is 6.08 Å². The van der Waals surface area contributed by atoms with Crippen LogP contribution in [-0.4, -0.2) is 30.7 Å². The summed E-state index contributed by atoms with van der Waals surface area (Å²) in [6.07, 6.45) is 6.53. The minimum absolute atomic E-state index is 0.0722. The predicted molar refractivity (Wildman–Crippen MR) is 125 cm³/mol. The highest BCUT2D eigenvalue weighted by atomic mass is 32.2. The number of aromatic nitrogens is 2. The molecule has 0 unspecified atom stereocenters. The third-order valence-corrected chi connectivity index (χ3v) is 7.61. The Morgan fingerprint density at radius 1 is 1.28 bits per heavy atom. The first kappa shape index (κ1) is 24.0. The maximum absolute atomic E-state index is 13.0. The lowest BCUT2D eigenvalue weighted by atomic mass is 10.0. The van der Waals surface area contributed by atoms with Crippen molar-refractivity contribution in [3.63, 3.8) is 0 Å². The molecule has 0 bridgehead atoms. The van der Waals surface area contributed by atoms with E-state index in [1.807, 2.05) is 48.0 Å². The Bertz CT molecular complexity index is 1130. The standard InChI is InChI=1S/C23H29N3O4S2/c1-4-5-12-30-23(27)25-32(28,29)22-21(14-20(31-22)13-17(2)3)19-8-6-18(7-9-19)15-26-11-10-24-16-26/h6-11,14,16-17H,4-5,12-13,15H2,1-3H3,(H,25,27)/p-1. The first-order valence-corrected chi connectivity index (χ1v) is 12.9. The largest absolute Gasteiger partial charge is 0.600 e. The number of ether oxygens (including phenoxy) is 1. The predicted octanol–water partition coefficient (Wildman–Crippen LogP) is 4.08. The van der Waals surface area contributed by atoms with Crippen molar-refractivity contribution in [3.8, 4) is 11.1 Å².